The first kappa shape index (κ1) is 53.6. The zero-order valence-corrected chi connectivity index (χ0v) is 42.6. The number of likely N-dealkylation sites (N-methyl/N-ethyl adjacent to an activating group) is 2. The molecule has 16 nitrogen and oxygen atoms in total. The highest BCUT2D eigenvalue weighted by atomic mass is 16.5. The lowest BCUT2D eigenvalue weighted by Crippen LogP contribution is -2.59. The second kappa shape index (κ2) is 23.4. The Morgan fingerprint density at radius 1 is 0.614 bits per heavy atom. The van der Waals surface area contributed by atoms with Gasteiger partial charge in [-0.2, -0.15) is 0 Å². The lowest BCUT2D eigenvalue weighted by atomic mass is 9.85. The van der Waals surface area contributed by atoms with Crippen LogP contribution in [0.4, 0.5) is 0 Å². The van der Waals surface area contributed by atoms with Crippen LogP contribution >= 0.6 is 0 Å². The van der Waals surface area contributed by atoms with E-state index in [0.717, 1.165) is 22.3 Å². The topological polar surface area (TPSA) is 200 Å². The van der Waals surface area contributed by atoms with Crippen LogP contribution < -0.4 is 31.9 Å². The Hall–Kier alpha value is -5.78. The molecule has 0 radical (unpaired) electrons. The number of carbonyl (C=O) groups is 6. The van der Waals surface area contributed by atoms with Crippen molar-refractivity contribution < 1.29 is 38.2 Å². The number of carbonyl (C=O) groups excluding carboxylic acids is 6. The predicted octanol–water partition coefficient (Wildman–Crippen LogP) is 2.85. The standard InChI is InChI=1S/C54H74N8O8/c1-33(55-9)47(63)59-45(53(3,4)5)51(67)61-27-19-25-39(61)49(65)57-43-37-23-15-13-21-35(37)31-41(43)69-29-17-11-12-18-30-70-42-32-36-22-14-16-24-38(36)44(42)58-50(66)40-26-20-28-62(40)52(68)46(54(6,7)8)60-48(64)34(2)56-10/h13-16,21-24,33-34,39-46,55-56H,19-20,25-32H2,1-10H3,(H,57,65)(H,58,66)(H,59,63)(H,60,64)/t33-,34-,39-,40?,41+,42+,43-,44-,45+,46+/m0/s1. The quantitative estimate of drug-likeness (QED) is 0.136. The van der Waals surface area contributed by atoms with Gasteiger partial charge in [-0.05, 0) is 98.6 Å². The molecule has 70 heavy (non-hydrogen) atoms. The van der Waals surface area contributed by atoms with Gasteiger partial charge in [0.2, 0.25) is 35.4 Å². The molecular weight excluding hydrogens is 889 g/mol. The lowest BCUT2D eigenvalue weighted by molar-refractivity contribution is -0.144. The van der Waals surface area contributed by atoms with Gasteiger partial charge in [-0.15, -0.1) is 0 Å². The highest BCUT2D eigenvalue weighted by Gasteiger charge is 2.46. The van der Waals surface area contributed by atoms with E-state index in [-0.39, 0.29) is 48.7 Å². The Balaban J connectivity index is 1.05. The molecular formula is C54H74N8O8. The minimum absolute atomic E-state index is 0.0667. The summed E-state index contributed by atoms with van der Waals surface area (Å²) >= 11 is 0. The van der Waals surface area contributed by atoms with E-state index < -0.39 is 71.4 Å². The van der Waals surface area contributed by atoms with Crippen LogP contribution in [-0.4, -0.2) is 134 Å². The van der Waals surface area contributed by atoms with E-state index in [9.17, 15) is 28.8 Å². The summed E-state index contributed by atoms with van der Waals surface area (Å²) in [5, 5.41) is 18.1. The van der Waals surface area contributed by atoms with E-state index >= 15 is 0 Å². The molecule has 6 rings (SSSR count). The Kier molecular flexibility index (Phi) is 17.9. The van der Waals surface area contributed by atoms with Gasteiger partial charge in [-0.25, -0.2) is 0 Å². The normalized spacial score (nSPS) is 23.3. The Labute approximate surface area is 414 Å². The predicted molar refractivity (Wildman–Crippen MR) is 266 cm³/mol. The zero-order valence-electron chi connectivity index (χ0n) is 42.6. The van der Waals surface area contributed by atoms with Crippen LogP contribution in [-0.2, 0) is 51.1 Å². The minimum atomic E-state index is -0.818. The summed E-state index contributed by atoms with van der Waals surface area (Å²) in [5.41, 5.74) is 2.84. The van der Waals surface area contributed by atoms with Crippen molar-refractivity contribution >= 4 is 35.4 Å². The lowest BCUT2D eigenvalue weighted by Gasteiger charge is -2.36. The molecule has 10 atom stereocenters. The first-order valence-corrected chi connectivity index (χ1v) is 24.8. The number of nitrogens with zero attached hydrogens (tertiary/aromatic N) is 2. The molecule has 16 heteroatoms. The summed E-state index contributed by atoms with van der Waals surface area (Å²) in [6.07, 6.45) is 2.68. The van der Waals surface area contributed by atoms with Crippen molar-refractivity contribution in [2.75, 3.05) is 40.4 Å². The summed E-state index contributed by atoms with van der Waals surface area (Å²) in [6, 6.07) is 10.8. The van der Waals surface area contributed by atoms with Gasteiger partial charge in [0.15, 0.2) is 0 Å². The van der Waals surface area contributed by atoms with Gasteiger partial charge >= 0.3 is 0 Å². The maximum atomic E-state index is 14.1. The molecule has 378 valence electrons. The van der Waals surface area contributed by atoms with Crippen LogP contribution in [0.1, 0.15) is 115 Å². The molecule has 0 bridgehead atoms. The number of nitrogens with one attached hydrogen (secondary N) is 6. The van der Waals surface area contributed by atoms with Crippen molar-refractivity contribution in [3.63, 3.8) is 0 Å². The monoisotopic (exact) mass is 963 g/mol. The molecule has 2 saturated heterocycles. The number of likely N-dealkylation sites (tertiary alicyclic amines) is 2. The maximum absolute atomic E-state index is 14.1. The van der Waals surface area contributed by atoms with Gasteiger partial charge in [0.1, 0.15) is 37.4 Å². The number of rotatable bonds is 16. The van der Waals surface area contributed by atoms with Crippen LogP contribution in [0.5, 0.6) is 0 Å². The molecule has 1 unspecified atom stereocenters. The molecule has 2 heterocycles. The van der Waals surface area contributed by atoms with Crippen molar-refractivity contribution in [3.8, 4) is 23.7 Å². The Morgan fingerprint density at radius 2 is 0.986 bits per heavy atom. The minimum Gasteiger partial charge on any atom is -0.363 e. The van der Waals surface area contributed by atoms with E-state index in [1.165, 1.54) is 0 Å². The second-order valence-electron chi connectivity index (χ2n) is 21.1. The van der Waals surface area contributed by atoms with Crippen molar-refractivity contribution in [2.24, 2.45) is 10.8 Å². The van der Waals surface area contributed by atoms with Crippen LogP contribution in [0.25, 0.3) is 0 Å². The highest BCUT2D eigenvalue weighted by Crippen LogP contribution is 2.36. The van der Waals surface area contributed by atoms with Crippen LogP contribution in [0, 0.1) is 34.5 Å². The second-order valence-corrected chi connectivity index (χ2v) is 21.1. The average molecular weight is 963 g/mol. The van der Waals surface area contributed by atoms with Gasteiger partial charge in [-0.3, -0.25) is 28.8 Å². The smallest absolute Gasteiger partial charge is 0.246 e. The fourth-order valence-corrected chi connectivity index (χ4v) is 9.76. The third-order valence-corrected chi connectivity index (χ3v) is 14.1. The van der Waals surface area contributed by atoms with E-state index in [4.69, 9.17) is 9.47 Å². The highest BCUT2D eigenvalue weighted by molar-refractivity contribution is 5.95. The SMILES string of the molecule is CN[C@@H](C)C(=O)N[C@H](C(=O)N1CCCC1C(=O)N[C@H]1c2ccccc2C[C@H]1OCC#CC#CCO[C@@H]1Cc2ccccc2[C@@H]1NC(=O)[C@@H]1CCCN1C(=O)[C@@H](NC(=O)[C@H](C)NC)C(C)(C)C)C(C)(C)C. The largest absolute Gasteiger partial charge is 0.363 e. The molecule has 2 aromatic rings. The van der Waals surface area contributed by atoms with E-state index in [0.29, 0.717) is 51.6 Å². The maximum Gasteiger partial charge on any atom is 0.246 e. The number of hydrogen-bond donors (Lipinski definition) is 6. The van der Waals surface area contributed by atoms with Gasteiger partial charge in [0.05, 0.1) is 36.4 Å². The number of benzene rings is 2. The molecule has 6 N–H and O–H groups in total. The van der Waals surface area contributed by atoms with Crippen molar-refractivity contribution in [2.45, 2.75) is 154 Å². The number of hydrogen-bond acceptors (Lipinski definition) is 10. The Morgan fingerprint density at radius 3 is 1.34 bits per heavy atom. The third-order valence-electron chi connectivity index (χ3n) is 14.1. The fourth-order valence-electron chi connectivity index (χ4n) is 9.76. The Bertz CT molecular complexity index is 2210. The summed E-state index contributed by atoms with van der Waals surface area (Å²) in [4.78, 5) is 85.2. The van der Waals surface area contributed by atoms with Crippen LogP contribution in [0.15, 0.2) is 48.5 Å². The summed E-state index contributed by atoms with van der Waals surface area (Å²) < 4.78 is 12.6. The molecule has 0 aromatic heterocycles. The molecule has 2 aliphatic carbocycles. The van der Waals surface area contributed by atoms with Crippen LogP contribution in [0.3, 0.4) is 0 Å². The number of amides is 6. The van der Waals surface area contributed by atoms with Gasteiger partial charge in [-0.1, -0.05) is 102 Å². The van der Waals surface area contributed by atoms with Crippen molar-refractivity contribution in [3.05, 3.63) is 70.8 Å². The average Bonchev–Trinajstić information content (AvgIpc) is 4.15. The zero-order chi connectivity index (χ0) is 50.9. The molecule has 0 spiro atoms. The van der Waals surface area contributed by atoms with Gasteiger partial charge < -0.3 is 51.2 Å². The summed E-state index contributed by atoms with van der Waals surface area (Å²) in [5.74, 6) is 10.0. The van der Waals surface area contributed by atoms with E-state index in [1.54, 1.807) is 37.7 Å². The number of ether oxygens (including phenoxy) is 2. The molecule has 2 fully saturated rings. The first-order valence-electron chi connectivity index (χ1n) is 24.8. The van der Waals surface area contributed by atoms with Gasteiger partial charge in [0, 0.05) is 25.9 Å². The third kappa shape index (κ3) is 12.8. The molecule has 0 saturated carbocycles. The van der Waals surface area contributed by atoms with Crippen molar-refractivity contribution in [1.82, 2.24) is 41.7 Å². The fraction of sp³-hybridized carbons (Fsp3) is 0.593. The number of fused-ring (bicyclic) bond motifs is 2. The van der Waals surface area contributed by atoms with Crippen molar-refractivity contribution in [1.29, 1.82) is 0 Å². The van der Waals surface area contributed by atoms with Crippen LogP contribution in [0.2, 0.25) is 0 Å². The molecule has 4 aliphatic rings. The molecule has 2 aliphatic heterocycles. The molecule has 6 amide bonds. The first-order chi connectivity index (χ1) is 33.2. The van der Waals surface area contributed by atoms with E-state index in [2.05, 4.69) is 55.6 Å². The van der Waals surface area contributed by atoms with Gasteiger partial charge in [0.25, 0.3) is 0 Å². The summed E-state index contributed by atoms with van der Waals surface area (Å²) in [7, 11) is 3.37. The molecule has 2 aromatic carbocycles. The summed E-state index contributed by atoms with van der Waals surface area (Å²) in [6.45, 7) is 15.8. The van der Waals surface area contributed by atoms with E-state index in [1.807, 2.05) is 90.1 Å².